The topological polar surface area (TPSA) is 87.3 Å². The number of aryl methyl sites for hydroxylation is 3. The maximum atomic E-state index is 11.9. The number of carbonyl (C=O) groups excluding carboxylic acids is 1. The van der Waals surface area contributed by atoms with Crippen molar-refractivity contribution in [3.05, 3.63) is 56.9 Å². The van der Waals surface area contributed by atoms with E-state index in [1.165, 1.54) is 10.7 Å². The average Bonchev–Trinajstić information content (AvgIpc) is 2.74. The fourth-order valence-electron chi connectivity index (χ4n) is 2.04. The number of carbonyl (C=O) groups is 1. The van der Waals surface area contributed by atoms with Crippen LogP contribution in [-0.4, -0.2) is 20.7 Å². The van der Waals surface area contributed by atoms with Crippen molar-refractivity contribution in [1.82, 2.24) is 9.78 Å². The molecule has 0 saturated heterocycles. The Morgan fingerprint density at radius 2 is 2.10 bits per heavy atom. The average molecular weight is 289 g/mol. The number of hydrogen-bond donors (Lipinski definition) is 0. The summed E-state index contributed by atoms with van der Waals surface area (Å²) in [4.78, 5) is 22.2. The van der Waals surface area contributed by atoms with Gasteiger partial charge in [0.15, 0.2) is 0 Å². The summed E-state index contributed by atoms with van der Waals surface area (Å²) in [7, 11) is 1.67. The Kier molecular flexibility index (Phi) is 4.02. The van der Waals surface area contributed by atoms with Crippen molar-refractivity contribution in [1.29, 1.82) is 0 Å². The third-order valence-electron chi connectivity index (χ3n) is 3.04. The number of rotatable bonds is 4. The number of nitro benzene ring substituents is 1. The molecule has 0 bridgehead atoms. The summed E-state index contributed by atoms with van der Waals surface area (Å²) >= 11 is 0. The van der Waals surface area contributed by atoms with Crippen LogP contribution in [-0.2, 0) is 18.4 Å². The van der Waals surface area contributed by atoms with Gasteiger partial charge in [0.1, 0.15) is 12.3 Å². The van der Waals surface area contributed by atoms with Crippen molar-refractivity contribution < 1.29 is 14.5 Å². The molecule has 0 aliphatic rings. The molecule has 7 nitrogen and oxygen atoms in total. The predicted octanol–water partition coefficient (Wildman–Crippen LogP) is 2.30. The van der Waals surface area contributed by atoms with Gasteiger partial charge in [-0.05, 0) is 37.6 Å². The van der Waals surface area contributed by atoms with Gasteiger partial charge in [-0.25, -0.2) is 4.79 Å². The van der Waals surface area contributed by atoms with Crippen molar-refractivity contribution in [3.63, 3.8) is 0 Å². The van der Waals surface area contributed by atoms with Gasteiger partial charge in [0.2, 0.25) is 0 Å². The first kappa shape index (κ1) is 14.7. The molecule has 0 N–H and O–H groups in total. The van der Waals surface area contributed by atoms with E-state index in [-0.39, 0.29) is 12.3 Å². The minimum Gasteiger partial charge on any atom is -0.456 e. The van der Waals surface area contributed by atoms with Crippen LogP contribution in [0.5, 0.6) is 0 Å². The fourth-order valence-corrected chi connectivity index (χ4v) is 2.04. The molecule has 0 fully saturated rings. The summed E-state index contributed by atoms with van der Waals surface area (Å²) in [6.07, 6.45) is 0. The van der Waals surface area contributed by atoms with Gasteiger partial charge in [-0.3, -0.25) is 14.8 Å². The summed E-state index contributed by atoms with van der Waals surface area (Å²) in [6, 6.07) is 6.27. The van der Waals surface area contributed by atoms with E-state index in [0.29, 0.717) is 16.8 Å². The Balaban J connectivity index is 2.06. The Morgan fingerprint density at radius 3 is 2.62 bits per heavy atom. The molecule has 1 heterocycles. The lowest BCUT2D eigenvalue weighted by Crippen LogP contribution is -2.10. The summed E-state index contributed by atoms with van der Waals surface area (Å²) < 4.78 is 6.65. The predicted molar refractivity (Wildman–Crippen MR) is 74.9 cm³/mol. The molecule has 0 aliphatic carbocycles. The second kappa shape index (κ2) is 5.74. The third kappa shape index (κ3) is 3.25. The fraction of sp³-hybridized carbons (Fsp3) is 0.286. The quantitative estimate of drug-likeness (QED) is 0.489. The van der Waals surface area contributed by atoms with Crippen molar-refractivity contribution in [2.75, 3.05) is 0 Å². The molecule has 0 spiro atoms. The summed E-state index contributed by atoms with van der Waals surface area (Å²) in [5.41, 5.74) is 2.38. The van der Waals surface area contributed by atoms with E-state index in [4.69, 9.17) is 4.74 Å². The first-order valence-electron chi connectivity index (χ1n) is 6.30. The minimum atomic E-state index is -0.478. The molecule has 0 radical (unpaired) electrons. The molecule has 7 heteroatoms. The minimum absolute atomic E-state index is 0.0485. The number of aromatic nitrogens is 2. The van der Waals surface area contributed by atoms with Crippen LogP contribution in [0.25, 0.3) is 0 Å². The van der Waals surface area contributed by atoms with E-state index in [0.717, 1.165) is 5.69 Å². The molecule has 0 atom stereocenters. The number of hydrogen-bond acceptors (Lipinski definition) is 5. The summed E-state index contributed by atoms with van der Waals surface area (Å²) in [5.74, 6) is -0.478. The highest BCUT2D eigenvalue weighted by atomic mass is 16.6. The largest absolute Gasteiger partial charge is 0.456 e. The van der Waals surface area contributed by atoms with Gasteiger partial charge in [0, 0.05) is 18.7 Å². The molecular weight excluding hydrogens is 274 g/mol. The van der Waals surface area contributed by atoms with Crippen LogP contribution in [0.1, 0.15) is 27.3 Å². The van der Waals surface area contributed by atoms with E-state index < -0.39 is 10.9 Å². The van der Waals surface area contributed by atoms with E-state index in [1.807, 2.05) is 0 Å². The zero-order valence-corrected chi connectivity index (χ0v) is 12.0. The second-order valence-corrected chi connectivity index (χ2v) is 4.75. The van der Waals surface area contributed by atoms with Crippen molar-refractivity contribution >= 4 is 11.7 Å². The molecule has 0 amide bonds. The lowest BCUT2D eigenvalue weighted by Gasteiger charge is -2.06. The van der Waals surface area contributed by atoms with E-state index in [2.05, 4.69) is 5.10 Å². The van der Waals surface area contributed by atoms with Crippen molar-refractivity contribution in [2.24, 2.45) is 7.05 Å². The van der Waals surface area contributed by atoms with Crippen LogP contribution in [0.2, 0.25) is 0 Å². The van der Waals surface area contributed by atoms with Crippen molar-refractivity contribution in [3.8, 4) is 0 Å². The Hall–Kier alpha value is -2.70. The highest BCUT2D eigenvalue weighted by Crippen LogP contribution is 2.19. The zero-order valence-electron chi connectivity index (χ0n) is 12.0. The number of ether oxygens (including phenoxy) is 1. The van der Waals surface area contributed by atoms with Crippen LogP contribution in [0, 0.1) is 24.0 Å². The lowest BCUT2D eigenvalue weighted by molar-refractivity contribution is -0.385. The van der Waals surface area contributed by atoms with Crippen LogP contribution in [0.3, 0.4) is 0 Å². The second-order valence-electron chi connectivity index (χ2n) is 4.75. The van der Waals surface area contributed by atoms with Gasteiger partial charge in [-0.2, -0.15) is 5.10 Å². The van der Waals surface area contributed by atoms with Crippen LogP contribution >= 0.6 is 0 Å². The summed E-state index contributed by atoms with van der Waals surface area (Å²) in [6.45, 7) is 3.49. The lowest BCUT2D eigenvalue weighted by atomic mass is 10.1. The number of nitrogens with zero attached hydrogens (tertiary/aromatic N) is 3. The smallest absolute Gasteiger partial charge is 0.356 e. The van der Waals surface area contributed by atoms with Gasteiger partial charge in [0.25, 0.3) is 5.69 Å². The molecule has 1 aromatic heterocycles. The van der Waals surface area contributed by atoms with E-state index >= 15 is 0 Å². The Labute approximate surface area is 121 Å². The Bertz CT molecular complexity index is 706. The first-order chi connectivity index (χ1) is 9.88. The van der Waals surface area contributed by atoms with Crippen LogP contribution in [0.15, 0.2) is 24.3 Å². The highest BCUT2D eigenvalue weighted by Gasteiger charge is 2.14. The maximum absolute atomic E-state index is 11.9. The summed E-state index contributed by atoms with van der Waals surface area (Å²) in [5, 5.41) is 14.8. The molecule has 0 aliphatic heterocycles. The molecule has 0 saturated carbocycles. The molecule has 2 aromatic rings. The molecular formula is C14H15N3O4. The highest BCUT2D eigenvalue weighted by molar-refractivity contribution is 5.87. The van der Waals surface area contributed by atoms with Crippen molar-refractivity contribution in [2.45, 2.75) is 20.5 Å². The monoisotopic (exact) mass is 289 g/mol. The molecule has 0 unspecified atom stereocenters. The van der Waals surface area contributed by atoms with Gasteiger partial charge in [-0.15, -0.1) is 0 Å². The normalized spacial score (nSPS) is 10.4. The van der Waals surface area contributed by atoms with E-state index in [1.54, 1.807) is 39.1 Å². The zero-order chi connectivity index (χ0) is 15.6. The molecule has 2 rings (SSSR count). The Morgan fingerprint density at radius 1 is 1.38 bits per heavy atom. The SMILES string of the molecule is Cc1cc(C(=O)OCc2ccc([N+](=O)[O-])c(C)c2)n(C)n1. The van der Waals surface area contributed by atoms with Gasteiger partial charge in [0.05, 0.1) is 10.6 Å². The standard InChI is InChI=1S/C14H15N3O4/c1-9-6-11(4-5-12(9)17(19)20)8-21-14(18)13-7-10(2)15-16(13)3/h4-7H,8H2,1-3H3. The van der Waals surface area contributed by atoms with Gasteiger partial charge in [-0.1, -0.05) is 0 Å². The van der Waals surface area contributed by atoms with Gasteiger partial charge >= 0.3 is 5.97 Å². The maximum Gasteiger partial charge on any atom is 0.356 e. The molecule has 110 valence electrons. The van der Waals surface area contributed by atoms with E-state index in [9.17, 15) is 14.9 Å². The number of benzene rings is 1. The van der Waals surface area contributed by atoms with Crippen LogP contribution < -0.4 is 0 Å². The van der Waals surface area contributed by atoms with Gasteiger partial charge < -0.3 is 4.74 Å². The molecule has 21 heavy (non-hydrogen) atoms. The number of nitro groups is 1. The molecule has 1 aromatic carbocycles. The van der Waals surface area contributed by atoms with Crippen LogP contribution in [0.4, 0.5) is 5.69 Å². The third-order valence-corrected chi connectivity index (χ3v) is 3.04. The number of esters is 1. The first-order valence-corrected chi connectivity index (χ1v) is 6.30.